The molecule has 3 aromatic rings. The summed E-state index contributed by atoms with van der Waals surface area (Å²) in [6, 6.07) is 9.22. The molecule has 2 aromatic carbocycles. The van der Waals surface area contributed by atoms with E-state index in [0.717, 1.165) is 11.1 Å². The summed E-state index contributed by atoms with van der Waals surface area (Å²) in [6.45, 7) is 3.66. The molecule has 0 aliphatic carbocycles. The van der Waals surface area contributed by atoms with Gasteiger partial charge in [-0.15, -0.1) is 0 Å². The third-order valence-corrected chi connectivity index (χ3v) is 4.64. The maximum absolute atomic E-state index is 13.8. The molecule has 0 atom stereocenters. The first-order chi connectivity index (χ1) is 12.4. The van der Waals surface area contributed by atoms with Crippen molar-refractivity contribution >= 4 is 28.5 Å². The number of hydrogen-bond acceptors (Lipinski definition) is 4. The van der Waals surface area contributed by atoms with Gasteiger partial charge in [0.05, 0.1) is 6.42 Å². The van der Waals surface area contributed by atoms with Gasteiger partial charge in [0, 0.05) is 27.6 Å². The molecule has 0 amide bonds. The van der Waals surface area contributed by atoms with Gasteiger partial charge in [0.15, 0.2) is 0 Å². The average molecular weight is 375 g/mol. The number of esters is 1. The van der Waals surface area contributed by atoms with E-state index in [1.165, 1.54) is 24.3 Å². The molecule has 4 nitrogen and oxygen atoms in total. The van der Waals surface area contributed by atoms with Crippen LogP contribution in [0.15, 0.2) is 45.6 Å². The molecule has 3 rings (SSSR count). The third kappa shape index (κ3) is 3.63. The Morgan fingerprint density at radius 1 is 1.23 bits per heavy atom. The predicted molar refractivity (Wildman–Crippen MR) is 96.9 cm³/mol. The highest BCUT2D eigenvalue weighted by molar-refractivity contribution is 6.31. The molecule has 0 fully saturated rings. The Kier molecular flexibility index (Phi) is 5.09. The van der Waals surface area contributed by atoms with Crippen LogP contribution in [0.2, 0.25) is 5.02 Å². The van der Waals surface area contributed by atoms with Crippen molar-refractivity contribution in [2.45, 2.75) is 26.9 Å². The van der Waals surface area contributed by atoms with E-state index in [1.54, 1.807) is 0 Å². The van der Waals surface area contributed by atoms with Crippen molar-refractivity contribution in [1.29, 1.82) is 0 Å². The molecule has 0 saturated carbocycles. The largest absolute Gasteiger partial charge is 0.461 e. The Balaban J connectivity index is 1.83. The maximum atomic E-state index is 13.8. The molecule has 0 N–H and O–H groups in total. The van der Waals surface area contributed by atoms with Crippen molar-refractivity contribution in [3.05, 3.63) is 79.9 Å². The third-order valence-electron chi connectivity index (χ3n) is 4.29. The number of benzene rings is 2. The van der Waals surface area contributed by atoms with Gasteiger partial charge in [0.25, 0.3) is 0 Å². The summed E-state index contributed by atoms with van der Waals surface area (Å²) in [5, 5.41) is 0.864. The van der Waals surface area contributed by atoms with Gasteiger partial charge < -0.3 is 9.15 Å². The first kappa shape index (κ1) is 18.1. The van der Waals surface area contributed by atoms with Crippen LogP contribution in [0.5, 0.6) is 0 Å². The smallest absolute Gasteiger partial charge is 0.336 e. The van der Waals surface area contributed by atoms with Crippen LogP contribution in [0.1, 0.15) is 22.3 Å². The molecule has 0 unspecified atom stereocenters. The summed E-state index contributed by atoms with van der Waals surface area (Å²) in [4.78, 5) is 23.9. The highest BCUT2D eigenvalue weighted by Crippen LogP contribution is 2.24. The molecule has 26 heavy (non-hydrogen) atoms. The van der Waals surface area contributed by atoms with Gasteiger partial charge in [-0.25, -0.2) is 9.18 Å². The SMILES string of the molecule is Cc1ccc2c(COC(=O)Cc3c(F)cccc3Cl)cc(=O)oc2c1C. The van der Waals surface area contributed by atoms with E-state index < -0.39 is 17.4 Å². The van der Waals surface area contributed by atoms with E-state index in [-0.39, 0.29) is 23.6 Å². The molecule has 0 bridgehead atoms. The van der Waals surface area contributed by atoms with E-state index in [9.17, 15) is 14.0 Å². The Morgan fingerprint density at radius 2 is 2.00 bits per heavy atom. The zero-order valence-corrected chi connectivity index (χ0v) is 15.0. The number of rotatable bonds is 4. The van der Waals surface area contributed by atoms with Gasteiger partial charge in [-0.3, -0.25) is 4.79 Å². The fourth-order valence-electron chi connectivity index (χ4n) is 2.70. The van der Waals surface area contributed by atoms with Crippen LogP contribution in [0.25, 0.3) is 11.0 Å². The van der Waals surface area contributed by atoms with Gasteiger partial charge >= 0.3 is 11.6 Å². The number of hydrogen-bond donors (Lipinski definition) is 0. The van der Waals surface area contributed by atoms with Crippen LogP contribution in [0.3, 0.4) is 0 Å². The average Bonchev–Trinajstić information content (AvgIpc) is 2.60. The van der Waals surface area contributed by atoms with Crippen LogP contribution in [0, 0.1) is 19.7 Å². The van der Waals surface area contributed by atoms with Crippen molar-refractivity contribution < 1.29 is 18.3 Å². The Morgan fingerprint density at radius 3 is 2.73 bits per heavy atom. The van der Waals surface area contributed by atoms with Crippen molar-refractivity contribution in [3.8, 4) is 0 Å². The molecule has 1 aromatic heterocycles. The van der Waals surface area contributed by atoms with E-state index >= 15 is 0 Å². The van der Waals surface area contributed by atoms with E-state index in [0.29, 0.717) is 16.5 Å². The van der Waals surface area contributed by atoms with E-state index in [1.807, 2.05) is 26.0 Å². The Hall–Kier alpha value is -2.66. The molecule has 0 aliphatic rings. The number of ether oxygens (including phenoxy) is 1. The van der Waals surface area contributed by atoms with Crippen molar-refractivity contribution in [1.82, 2.24) is 0 Å². The maximum Gasteiger partial charge on any atom is 0.336 e. The Labute approximate surface area is 154 Å². The lowest BCUT2D eigenvalue weighted by Crippen LogP contribution is -2.11. The molecule has 1 heterocycles. The molecule has 134 valence electrons. The second kappa shape index (κ2) is 7.30. The fraction of sp³-hybridized carbons (Fsp3) is 0.200. The first-order valence-electron chi connectivity index (χ1n) is 7.98. The van der Waals surface area contributed by atoms with Crippen LogP contribution >= 0.6 is 11.6 Å². The highest BCUT2D eigenvalue weighted by Gasteiger charge is 2.15. The van der Waals surface area contributed by atoms with Gasteiger partial charge in [-0.1, -0.05) is 29.8 Å². The summed E-state index contributed by atoms with van der Waals surface area (Å²) in [6.07, 6.45) is -0.289. The molecular weight excluding hydrogens is 359 g/mol. The lowest BCUT2D eigenvalue weighted by molar-refractivity contribution is -0.144. The van der Waals surface area contributed by atoms with Crippen molar-refractivity contribution in [2.75, 3.05) is 0 Å². The van der Waals surface area contributed by atoms with E-state index in [2.05, 4.69) is 0 Å². The van der Waals surface area contributed by atoms with Gasteiger partial charge in [-0.2, -0.15) is 0 Å². The summed E-state index contributed by atoms with van der Waals surface area (Å²) in [7, 11) is 0. The summed E-state index contributed by atoms with van der Waals surface area (Å²) in [5.74, 6) is -1.20. The molecule has 0 spiro atoms. The minimum Gasteiger partial charge on any atom is -0.461 e. The molecule has 0 radical (unpaired) electrons. The molecule has 0 saturated heterocycles. The predicted octanol–water partition coefficient (Wildman–Crippen LogP) is 4.49. The number of fused-ring (bicyclic) bond motifs is 1. The van der Waals surface area contributed by atoms with Gasteiger partial charge in [-0.05, 0) is 37.1 Å². The normalized spacial score (nSPS) is 10.9. The summed E-state index contributed by atoms with van der Waals surface area (Å²) >= 11 is 5.92. The monoisotopic (exact) mass is 374 g/mol. The molecular formula is C20H16ClFO4. The second-order valence-corrected chi connectivity index (χ2v) is 6.42. The lowest BCUT2D eigenvalue weighted by Gasteiger charge is -2.10. The minimum atomic E-state index is -0.637. The highest BCUT2D eigenvalue weighted by atomic mass is 35.5. The van der Waals surface area contributed by atoms with Gasteiger partial charge in [0.1, 0.15) is 18.0 Å². The Bertz CT molecular complexity index is 1040. The van der Waals surface area contributed by atoms with Crippen LogP contribution < -0.4 is 5.63 Å². The summed E-state index contributed by atoms with van der Waals surface area (Å²) in [5.41, 5.74) is 2.42. The number of carbonyl (C=O) groups excluding carboxylic acids is 1. The first-order valence-corrected chi connectivity index (χ1v) is 8.36. The van der Waals surface area contributed by atoms with Crippen LogP contribution in [-0.2, 0) is 22.6 Å². The van der Waals surface area contributed by atoms with E-state index in [4.69, 9.17) is 20.8 Å². The molecule has 0 aliphatic heterocycles. The topological polar surface area (TPSA) is 56.5 Å². The van der Waals surface area contributed by atoms with Crippen LogP contribution in [0.4, 0.5) is 4.39 Å². The quantitative estimate of drug-likeness (QED) is 0.498. The summed E-state index contributed by atoms with van der Waals surface area (Å²) < 4.78 is 24.3. The lowest BCUT2D eigenvalue weighted by atomic mass is 10.0. The minimum absolute atomic E-state index is 0.0862. The molecule has 6 heteroatoms. The number of aryl methyl sites for hydroxylation is 2. The standard InChI is InChI=1S/C20H16ClFO4/c1-11-6-7-14-13(8-19(24)26-20(14)12(11)2)10-25-18(23)9-15-16(21)4-3-5-17(15)22/h3-8H,9-10H2,1-2H3. The fourth-order valence-corrected chi connectivity index (χ4v) is 2.93. The number of carbonyl (C=O) groups is 1. The number of halogens is 2. The van der Waals surface area contributed by atoms with Gasteiger partial charge in [0.2, 0.25) is 0 Å². The second-order valence-electron chi connectivity index (χ2n) is 6.01. The van der Waals surface area contributed by atoms with Crippen molar-refractivity contribution in [3.63, 3.8) is 0 Å². The van der Waals surface area contributed by atoms with Crippen molar-refractivity contribution in [2.24, 2.45) is 0 Å². The zero-order valence-electron chi connectivity index (χ0n) is 14.3. The van der Waals surface area contributed by atoms with Crippen LogP contribution in [-0.4, -0.2) is 5.97 Å². The zero-order chi connectivity index (χ0) is 18.8.